The van der Waals surface area contributed by atoms with Crippen molar-refractivity contribution in [1.29, 1.82) is 0 Å². The van der Waals surface area contributed by atoms with E-state index in [1.54, 1.807) is 0 Å². The van der Waals surface area contributed by atoms with Crippen molar-refractivity contribution < 1.29 is 0 Å². The van der Waals surface area contributed by atoms with Crippen LogP contribution in [0.5, 0.6) is 0 Å². The van der Waals surface area contributed by atoms with E-state index in [4.69, 9.17) is 0 Å². The van der Waals surface area contributed by atoms with Crippen molar-refractivity contribution in [2.75, 3.05) is 19.6 Å². The van der Waals surface area contributed by atoms with Crippen molar-refractivity contribution in [3.63, 3.8) is 0 Å². The van der Waals surface area contributed by atoms with Crippen LogP contribution in [0, 0.1) is 11.3 Å². The summed E-state index contributed by atoms with van der Waals surface area (Å²) >= 11 is 0. The maximum Gasteiger partial charge on any atom is 0.0309 e. The van der Waals surface area contributed by atoms with E-state index in [1.165, 1.54) is 51.7 Å². The van der Waals surface area contributed by atoms with Gasteiger partial charge in [-0.25, -0.2) is 0 Å². The van der Waals surface area contributed by atoms with Crippen LogP contribution in [-0.4, -0.2) is 36.1 Å². The second-order valence-electron chi connectivity index (χ2n) is 8.43. The van der Waals surface area contributed by atoms with Gasteiger partial charge >= 0.3 is 0 Å². The van der Waals surface area contributed by atoms with Crippen LogP contribution in [0.15, 0.2) is 0 Å². The Morgan fingerprint density at radius 1 is 1.16 bits per heavy atom. The Morgan fingerprint density at radius 2 is 1.79 bits per heavy atom. The van der Waals surface area contributed by atoms with Crippen LogP contribution >= 0.6 is 0 Å². The van der Waals surface area contributed by atoms with E-state index in [2.05, 4.69) is 44.8 Å². The second-order valence-corrected chi connectivity index (χ2v) is 8.43. The van der Waals surface area contributed by atoms with E-state index < -0.39 is 0 Å². The Labute approximate surface area is 120 Å². The highest BCUT2D eigenvalue weighted by atomic mass is 15.3. The summed E-state index contributed by atoms with van der Waals surface area (Å²) in [5.74, 6) is 0.767. The summed E-state index contributed by atoms with van der Waals surface area (Å²) in [6.07, 6.45) is 7.05. The van der Waals surface area contributed by atoms with Crippen LogP contribution < -0.4 is 5.32 Å². The van der Waals surface area contributed by atoms with E-state index in [0.717, 1.165) is 5.92 Å². The standard InChI is InChI=1S/C17H34N2/c1-14(2)12-19-13-17(9-7-6-8-10-17)18-11-15(19)16(3,4)5/h14-15,18H,6-13H2,1-5H3. The second kappa shape index (κ2) is 5.73. The van der Waals surface area contributed by atoms with Crippen molar-refractivity contribution in [2.45, 2.75) is 78.3 Å². The first kappa shape index (κ1) is 15.3. The Morgan fingerprint density at radius 3 is 2.32 bits per heavy atom. The highest BCUT2D eigenvalue weighted by molar-refractivity contribution is 5.02. The number of rotatable bonds is 2. The van der Waals surface area contributed by atoms with Crippen LogP contribution in [0.2, 0.25) is 0 Å². The third-order valence-electron chi connectivity index (χ3n) is 5.03. The molecular formula is C17H34N2. The molecule has 0 amide bonds. The summed E-state index contributed by atoms with van der Waals surface area (Å²) in [7, 11) is 0. The molecule has 19 heavy (non-hydrogen) atoms. The molecule has 1 unspecified atom stereocenters. The quantitative estimate of drug-likeness (QED) is 0.820. The molecule has 1 aliphatic heterocycles. The molecule has 0 aromatic heterocycles. The summed E-state index contributed by atoms with van der Waals surface area (Å²) in [6.45, 7) is 15.6. The predicted molar refractivity (Wildman–Crippen MR) is 83.5 cm³/mol. The van der Waals surface area contributed by atoms with Crippen molar-refractivity contribution in [3.8, 4) is 0 Å². The molecule has 1 spiro atoms. The minimum absolute atomic E-state index is 0.373. The van der Waals surface area contributed by atoms with Gasteiger partial charge in [-0.3, -0.25) is 4.90 Å². The fraction of sp³-hybridized carbons (Fsp3) is 1.00. The zero-order valence-electron chi connectivity index (χ0n) is 13.8. The van der Waals surface area contributed by atoms with E-state index >= 15 is 0 Å². The molecule has 2 fully saturated rings. The molecule has 112 valence electrons. The topological polar surface area (TPSA) is 15.3 Å². The van der Waals surface area contributed by atoms with Crippen LogP contribution in [0.4, 0.5) is 0 Å². The van der Waals surface area contributed by atoms with Gasteiger partial charge < -0.3 is 5.32 Å². The van der Waals surface area contributed by atoms with E-state index in [-0.39, 0.29) is 0 Å². The lowest BCUT2D eigenvalue weighted by atomic mass is 9.76. The molecule has 1 saturated carbocycles. The van der Waals surface area contributed by atoms with Gasteiger partial charge in [-0.1, -0.05) is 53.9 Å². The maximum atomic E-state index is 3.95. The molecule has 1 aliphatic carbocycles. The summed E-state index contributed by atoms with van der Waals surface area (Å²) in [5.41, 5.74) is 0.813. The largest absolute Gasteiger partial charge is 0.308 e. The Balaban J connectivity index is 2.10. The Hall–Kier alpha value is -0.0800. The van der Waals surface area contributed by atoms with Crippen molar-refractivity contribution in [2.24, 2.45) is 11.3 Å². The minimum Gasteiger partial charge on any atom is -0.308 e. The molecule has 1 atom stereocenters. The SMILES string of the molecule is CC(C)CN1CC2(CCCCC2)NCC1C(C)(C)C. The molecule has 0 aromatic carbocycles. The lowest BCUT2D eigenvalue weighted by Gasteiger charge is -2.53. The van der Waals surface area contributed by atoms with Crippen molar-refractivity contribution >= 4 is 0 Å². The summed E-state index contributed by atoms with van der Waals surface area (Å²) in [6, 6.07) is 0.683. The fourth-order valence-electron chi connectivity index (χ4n) is 4.08. The lowest BCUT2D eigenvalue weighted by molar-refractivity contribution is 0.00189. The van der Waals surface area contributed by atoms with E-state index in [0.29, 0.717) is 17.0 Å². The van der Waals surface area contributed by atoms with E-state index in [9.17, 15) is 0 Å². The number of piperazine rings is 1. The molecule has 1 saturated heterocycles. The number of nitrogens with zero attached hydrogens (tertiary/aromatic N) is 1. The van der Waals surface area contributed by atoms with E-state index in [1.807, 2.05) is 0 Å². The normalized spacial score (nSPS) is 29.1. The number of nitrogens with one attached hydrogen (secondary N) is 1. The molecule has 0 aromatic rings. The van der Waals surface area contributed by atoms with Gasteiger partial charge in [-0.15, -0.1) is 0 Å². The Kier molecular flexibility index (Phi) is 4.62. The number of hydrogen-bond donors (Lipinski definition) is 1. The predicted octanol–water partition coefficient (Wildman–Crippen LogP) is 3.67. The average Bonchev–Trinajstić information content (AvgIpc) is 2.27. The first-order chi connectivity index (χ1) is 8.82. The molecule has 1 N–H and O–H groups in total. The zero-order valence-corrected chi connectivity index (χ0v) is 13.8. The first-order valence-corrected chi connectivity index (χ1v) is 8.31. The van der Waals surface area contributed by atoms with Crippen molar-refractivity contribution in [3.05, 3.63) is 0 Å². The van der Waals surface area contributed by atoms with Gasteiger partial charge in [0.05, 0.1) is 0 Å². The van der Waals surface area contributed by atoms with Gasteiger partial charge in [-0.05, 0) is 24.2 Å². The van der Waals surface area contributed by atoms with Gasteiger partial charge in [0.1, 0.15) is 0 Å². The molecule has 2 rings (SSSR count). The molecule has 2 nitrogen and oxygen atoms in total. The van der Waals surface area contributed by atoms with Gasteiger partial charge in [0.15, 0.2) is 0 Å². The monoisotopic (exact) mass is 266 g/mol. The van der Waals surface area contributed by atoms with Crippen LogP contribution in [0.25, 0.3) is 0 Å². The van der Waals surface area contributed by atoms with Gasteiger partial charge in [0.25, 0.3) is 0 Å². The average molecular weight is 266 g/mol. The van der Waals surface area contributed by atoms with Crippen LogP contribution in [-0.2, 0) is 0 Å². The first-order valence-electron chi connectivity index (χ1n) is 8.31. The number of hydrogen-bond acceptors (Lipinski definition) is 2. The molecule has 0 bridgehead atoms. The molecule has 2 heteroatoms. The summed E-state index contributed by atoms with van der Waals surface area (Å²) in [4.78, 5) is 2.80. The molecule has 0 radical (unpaired) electrons. The van der Waals surface area contributed by atoms with Gasteiger partial charge in [-0.2, -0.15) is 0 Å². The molecule has 2 aliphatic rings. The highest BCUT2D eigenvalue weighted by Crippen LogP contribution is 2.36. The summed E-state index contributed by atoms with van der Waals surface area (Å²) < 4.78 is 0. The zero-order chi connectivity index (χ0) is 14.1. The maximum absolute atomic E-state index is 3.95. The van der Waals surface area contributed by atoms with Gasteiger partial charge in [0, 0.05) is 31.2 Å². The molecular weight excluding hydrogens is 232 g/mol. The summed E-state index contributed by atoms with van der Waals surface area (Å²) in [5, 5.41) is 3.95. The smallest absolute Gasteiger partial charge is 0.0309 e. The lowest BCUT2D eigenvalue weighted by Crippen LogP contribution is -2.67. The third-order valence-corrected chi connectivity index (χ3v) is 5.03. The highest BCUT2D eigenvalue weighted by Gasteiger charge is 2.43. The minimum atomic E-state index is 0.373. The third kappa shape index (κ3) is 3.72. The molecule has 1 heterocycles. The van der Waals surface area contributed by atoms with Gasteiger partial charge in [0.2, 0.25) is 0 Å². The Bertz CT molecular complexity index is 284. The van der Waals surface area contributed by atoms with Crippen LogP contribution in [0.1, 0.15) is 66.7 Å². The van der Waals surface area contributed by atoms with Crippen LogP contribution in [0.3, 0.4) is 0 Å². The fourth-order valence-corrected chi connectivity index (χ4v) is 4.08. The van der Waals surface area contributed by atoms with Crippen molar-refractivity contribution in [1.82, 2.24) is 10.2 Å².